The molecule has 4 rings (SSSR count). The van der Waals surface area contributed by atoms with Crippen molar-refractivity contribution in [3.05, 3.63) is 41.9 Å². The fourth-order valence-electron chi connectivity index (χ4n) is 4.07. The highest BCUT2D eigenvalue weighted by atomic mass is 16.6. The van der Waals surface area contributed by atoms with E-state index in [0.717, 1.165) is 42.5 Å². The van der Waals surface area contributed by atoms with Crippen molar-refractivity contribution >= 4 is 17.0 Å². The molecule has 1 aliphatic rings. The molecule has 0 radical (unpaired) electrons. The first kappa shape index (κ1) is 19.5. The van der Waals surface area contributed by atoms with Gasteiger partial charge in [-0.05, 0) is 69.7 Å². The maximum absolute atomic E-state index is 12.4. The molecule has 0 bridgehead atoms. The number of benzene rings is 1. The zero-order valence-corrected chi connectivity index (χ0v) is 17.8. The van der Waals surface area contributed by atoms with Gasteiger partial charge in [-0.3, -0.25) is 4.68 Å². The zero-order chi connectivity index (χ0) is 20.8. The van der Waals surface area contributed by atoms with Crippen LogP contribution in [0.1, 0.15) is 50.7 Å². The second kappa shape index (κ2) is 7.21. The van der Waals surface area contributed by atoms with E-state index in [-0.39, 0.29) is 6.09 Å². The second-order valence-electron chi connectivity index (χ2n) is 8.94. The number of hydrogen-bond acceptors (Lipinski definition) is 4. The van der Waals surface area contributed by atoms with Gasteiger partial charge in [0, 0.05) is 25.5 Å². The van der Waals surface area contributed by atoms with E-state index in [1.54, 1.807) is 4.68 Å². The molecule has 1 fully saturated rings. The van der Waals surface area contributed by atoms with Gasteiger partial charge in [-0.15, -0.1) is 0 Å². The Kier molecular flexibility index (Phi) is 4.84. The van der Waals surface area contributed by atoms with Gasteiger partial charge in [0.05, 0.1) is 24.1 Å². The molecule has 0 unspecified atom stereocenters. The Morgan fingerprint density at radius 3 is 2.48 bits per heavy atom. The van der Waals surface area contributed by atoms with E-state index in [1.807, 2.05) is 56.0 Å². The molecule has 0 spiro atoms. The smallest absolute Gasteiger partial charge is 0.410 e. The molecule has 1 saturated heterocycles. The Labute approximate surface area is 171 Å². The van der Waals surface area contributed by atoms with Gasteiger partial charge in [0.15, 0.2) is 0 Å². The van der Waals surface area contributed by atoms with E-state index < -0.39 is 5.60 Å². The Bertz CT molecular complexity index is 1040. The molecule has 0 N–H and O–H groups in total. The average molecular weight is 396 g/mol. The maximum atomic E-state index is 12.4. The summed E-state index contributed by atoms with van der Waals surface area (Å²) in [7, 11) is 1.91. The molecular formula is C22H29N5O2. The lowest BCUT2D eigenvalue weighted by atomic mass is 9.86. The summed E-state index contributed by atoms with van der Waals surface area (Å²) < 4.78 is 9.25. The van der Waals surface area contributed by atoms with Crippen molar-refractivity contribution in [2.75, 3.05) is 13.1 Å². The molecular weight excluding hydrogens is 366 g/mol. The Morgan fingerprint density at radius 1 is 1.14 bits per heavy atom. The van der Waals surface area contributed by atoms with Gasteiger partial charge in [-0.2, -0.15) is 10.2 Å². The molecule has 3 aromatic rings. The number of aryl methyl sites for hydroxylation is 2. The first-order chi connectivity index (χ1) is 13.7. The molecule has 154 valence electrons. The number of aromatic nitrogens is 4. The number of fused-ring (bicyclic) bond motifs is 1. The van der Waals surface area contributed by atoms with Crippen molar-refractivity contribution in [2.45, 2.75) is 52.1 Å². The van der Waals surface area contributed by atoms with Crippen LogP contribution in [0.5, 0.6) is 0 Å². The highest BCUT2D eigenvalue weighted by Gasteiger charge is 2.28. The zero-order valence-electron chi connectivity index (χ0n) is 17.8. The maximum Gasteiger partial charge on any atom is 0.410 e. The first-order valence-electron chi connectivity index (χ1n) is 10.2. The monoisotopic (exact) mass is 395 g/mol. The molecule has 0 aliphatic carbocycles. The third-order valence-electron chi connectivity index (χ3n) is 5.48. The lowest BCUT2D eigenvalue weighted by molar-refractivity contribution is 0.0205. The summed E-state index contributed by atoms with van der Waals surface area (Å²) in [6.07, 6.45) is 7.36. The van der Waals surface area contributed by atoms with Crippen LogP contribution >= 0.6 is 0 Å². The van der Waals surface area contributed by atoms with Crippen molar-refractivity contribution in [2.24, 2.45) is 7.05 Å². The summed E-state index contributed by atoms with van der Waals surface area (Å²) in [5.74, 6) is 0.426. The standard InChI is InChI=1S/C22H29N5O2/c1-15-10-17-12-24-27(18-13-23-25(5)14-18)20(17)11-19(15)16-6-8-26(9-7-16)21(28)29-22(2,3)4/h10-14,16H,6-9H2,1-5H3. The molecule has 1 amide bonds. The van der Waals surface area contributed by atoms with Crippen LogP contribution in [0.3, 0.4) is 0 Å². The minimum absolute atomic E-state index is 0.210. The van der Waals surface area contributed by atoms with Gasteiger partial charge in [-0.1, -0.05) is 0 Å². The number of nitrogens with zero attached hydrogens (tertiary/aromatic N) is 5. The molecule has 1 aliphatic heterocycles. The van der Waals surface area contributed by atoms with Crippen molar-refractivity contribution in [3.63, 3.8) is 0 Å². The average Bonchev–Trinajstić information content (AvgIpc) is 3.25. The van der Waals surface area contributed by atoms with Crippen LogP contribution in [0.15, 0.2) is 30.7 Å². The summed E-state index contributed by atoms with van der Waals surface area (Å²) in [6, 6.07) is 4.48. The van der Waals surface area contributed by atoms with Gasteiger partial charge in [0.25, 0.3) is 0 Å². The lowest BCUT2D eigenvalue weighted by Gasteiger charge is -2.34. The quantitative estimate of drug-likeness (QED) is 0.653. The minimum Gasteiger partial charge on any atom is -0.444 e. The molecule has 7 heteroatoms. The topological polar surface area (TPSA) is 65.2 Å². The first-order valence-corrected chi connectivity index (χ1v) is 10.2. The van der Waals surface area contributed by atoms with Gasteiger partial charge in [0.1, 0.15) is 11.3 Å². The van der Waals surface area contributed by atoms with E-state index in [9.17, 15) is 4.79 Å². The van der Waals surface area contributed by atoms with Gasteiger partial charge in [-0.25, -0.2) is 9.48 Å². The van der Waals surface area contributed by atoms with E-state index in [4.69, 9.17) is 4.74 Å². The van der Waals surface area contributed by atoms with Crippen LogP contribution in [0, 0.1) is 6.92 Å². The highest BCUT2D eigenvalue weighted by molar-refractivity contribution is 5.82. The van der Waals surface area contributed by atoms with Crippen molar-refractivity contribution < 1.29 is 9.53 Å². The number of ether oxygens (including phenoxy) is 1. The summed E-state index contributed by atoms with van der Waals surface area (Å²) in [5.41, 5.74) is 4.21. The predicted octanol–water partition coefficient (Wildman–Crippen LogP) is 4.18. The van der Waals surface area contributed by atoms with Crippen molar-refractivity contribution in [3.8, 4) is 5.69 Å². The van der Waals surface area contributed by atoms with E-state index >= 15 is 0 Å². The summed E-state index contributed by atoms with van der Waals surface area (Å²) >= 11 is 0. The summed E-state index contributed by atoms with van der Waals surface area (Å²) in [4.78, 5) is 14.2. The van der Waals surface area contributed by atoms with E-state index in [0.29, 0.717) is 5.92 Å². The number of piperidine rings is 1. The number of amides is 1. The van der Waals surface area contributed by atoms with Crippen LogP contribution in [0.2, 0.25) is 0 Å². The SMILES string of the molecule is Cc1cc2cnn(-c3cnn(C)c3)c2cc1C1CCN(C(=O)OC(C)(C)C)CC1. The molecule has 7 nitrogen and oxygen atoms in total. The molecule has 29 heavy (non-hydrogen) atoms. The Morgan fingerprint density at radius 2 is 1.86 bits per heavy atom. The molecule has 3 heterocycles. The van der Waals surface area contributed by atoms with Crippen LogP contribution in [-0.2, 0) is 11.8 Å². The molecule has 2 aromatic heterocycles. The number of rotatable bonds is 2. The third kappa shape index (κ3) is 3.99. The fraction of sp³-hybridized carbons (Fsp3) is 0.500. The number of hydrogen-bond donors (Lipinski definition) is 0. The summed E-state index contributed by atoms with van der Waals surface area (Å²) in [6.45, 7) is 9.32. The number of carbonyl (C=O) groups is 1. The second-order valence-corrected chi connectivity index (χ2v) is 8.94. The minimum atomic E-state index is -0.458. The van der Waals surface area contributed by atoms with Crippen molar-refractivity contribution in [1.29, 1.82) is 0 Å². The van der Waals surface area contributed by atoms with Crippen LogP contribution in [-0.4, -0.2) is 49.2 Å². The van der Waals surface area contributed by atoms with Crippen molar-refractivity contribution in [1.82, 2.24) is 24.5 Å². The number of likely N-dealkylation sites (tertiary alicyclic amines) is 1. The predicted molar refractivity (Wildman–Crippen MR) is 112 cm³/mol. The largest absolute Gasteiger partial charge is 0.444 e. The third-order valence-corrected chi connectivity index (χ3v) is 5.48. The lowest BCUT2D eigenvalue weighted by Crippen LogP contribution is -2.41. The van der Waals surface area contributed by atoms with Gasteiger partial charge < -0.3 is 9.64 Å². The van der Waals surface area contributed by atoms with Crippen LogP contribution in [0.4, 0.5) is 4.79 Å². The van der Waals surface area contributed by atoms with Gasteiger partial charge >= 0.3 is 6.09 Å². The Hall–Kier alpha value is -2.83. The van der Waals surface area contributed by atoms with Crippen LogP contribution in [0.25, 0.3) is 16.6 Å². The Balaban J connectivity index is 1.55. The van der Waals surface area contributed by atoms with E-state index in [1.165, 1.54) is 11.1 Å². The molecule has 1 aromatic carbocycles. The van der Waals surface area contributed by atoms with Gasteiger partial charge in [0.2, 0.25) is 0 Å². The number of carbonyl (C=O) groups excluding carboxylic acids is 1. The molecule has 0 atom stereocenters. The van der Waals surface area contributed by atoms with Crippen LogP contribution < -0.4 is 0 Å². The highest BCUT2D eigenvalue weighted by Crippen LogP contribution is 2.33. The summed E-state index contributed by atoms with van der Waals surface area (Å²) in [5, 5.41) is 9.96. The normalized spacial score (nSPS) is 15.8. The van der Waals surface area contributed by atoms with E-state index in [2.05, 4.69) is 29.3 Å². The fourth-order valence-corrected chi connectivity index (χ4v) is 4.07. The molecule has 0 saturated carbocycles.